The van der Waals surface area contributed by atoms with Gasteiger partial charge < -0.3 is 9.47 Å². The van der Waals surface area contributed by atoms with Crippen molar-refractivity contribution in [2.45, 2.75) is 46.1 Å². The number of ether oxygens (including phenoxy) is 2. The average Bonchev–Trinajstić information content (AvgIpc) is 2.11. The molecule has 0 aromatic carbocycles. The molecule has 0 aliphatic heterocycles. The molecule has 92 valence electrons. The Hall–Kier alpha value is -1.32. The third-order valence-corrected chi connectivity index (χ3v) is 1.62. The third-order valence-electron chi connectivity index (χ3n) is 1.62. The minimum absolute atomic E-state index is 0.148. The van der Waals surface area contributed by atoms with Gasteiger partial charge >= 0.3 is 11.9 Å². The van der Waals surface area contributed by atoms with Crippen molar-refractivity contribution in [1.82, 2.24) is 0 Å². The van der Waals surface area contributed by atoms with E-state index in [1.807, 2.05) is 0 Å². The van der Waals surface area contributed by atoms with E-state index in [-0.39, 0.29) is 18.8 Å². The summed E-state index contributed by atoms with van der Waals surface area (Å²) in [5, 5.41) is 0. The van der Waals surface area contributed by atoms with Crippen LogP contribution in [-0.4, -0.2) is 24.1 Å². The van der Waals surface area contributed by atoms with Gasteiger partial charge in [0.15, 0.2) is 0 Å². The van der Waals surface area contributed by atoms with Crippen molar-refractivity contribution in [3.8, 4) is 0 Å². The molecule has 0 aromatic heterocycles. The highest BCUT2D eigenvalue weighted by Gasteiger charge is 2.17. The summed E-state index contributed by atoms with van der Waals surface area (Å²) in [4.78, 5) is 22.5. The quantitative estimate of drug-likeness (QED) is 0.535. The van der Waals surface area contributed by atoms with Crippen LogP contribution < -0.4 is 0 Å². The molecule has 0 radical (unpaired) electrons. The molecule has 4 nitrogen and oxygen atoms in total. The summed E-state index contributed by atoms with van der Waals surface area (Å²) in [6.07, 6.45) is 0.419. The van der Waals surface area contributed by atoms with Crippen LogP contribution in [0.3, 0.4) is 0 Å². The summed E-state index contributed by atoms with van der Waals surface area (Å²) >= 11 is 0. The summed E-state index contributed by atoms with van der Waals surface area (Å²) in [7, 11) is 0. The maximum atomic E-state index is 11.3. The van der Waals surface area contributed by atoms with Gasteiger partial charge in [-0.3, -0.25) is 4.79 Å². The predicted octanol–water partition coefficient (Wildman–Crippen LogP) is 2.23. The Labute approximate surface area is 96.6 Å². The molecule has 0 aliphatic carbocycles. The van der Waals surface area contributed by atoms with Crippen molar-refractivity contribution in [2.24, 2.45) is 0 Å². The van der Waals surface area contributed by atoms with E-state index in [2.05, 4.69) is 6.58 Å². The van der Waals surface area contributed by atoms with Gasteiger partial charge in [-0.2, -0.15) is 0 Å². The molecule has 0 saturated heterocycles. The SMILES string of the molecule is C=C(CCC(=O)OC(C)(C)C)C(=O)OCC. The highest BCUT2D eigenvalue weighted by atomic mass is 16.6. The molecule has 0 N–H and O–H groups in total. The maximum Gasteiger partial charge on any atom is 0.333 e. The predicted molar refractivity (Wildman–Crippen MR) is 60.9 cm³/mol. The van der Waals surface area contributed by atoms with E-state index >= 15 is 0 Å². The van der Waals surface area contributed by atoms with Crippen LogP contribution >= 0.6 is 0 Å². The van der Waals surface area contributed by atoms with E-state index < -0.39 is 11.6 Å². The molecular formula is C12H20O4. The number of carbonyl (C=O) groups excluding carboxylic acids is 2. The van der Waals surface area contributed by atoms with Gasteiger partial charge in [0.25, 0.3) is 0 Å². The van der Waals surface area contributed by atoms with Crippen molar-refractivity contribution >= 4 is 11.9 Å². The Bertz CT molecular complexity index is 273. The zero-order chi connectivity index (χ0) is 12.8. The fourth-order valence-corrected chi connectivity index (χ4v) is 0.981. The van der Waals surface area contributed by atoms with Gasteiger partial charge in [0.1, 0.15) is 5.60 Å². The van der Waals surface area contributed by atoms with Gasteiger partial charge in [0.05, 0.1) is 6.61 Å². The van der Waals surface area contributed by atoms with E-state index in [1.54, 1.807) is 27.7 Å². The zero-order valence-electron chi connectivity index (χ0n) is 10.5. The van der Waals surface area contributed by atoms with Gasteiger partial charge in [-0.1, -0.05) is 6.58 Å². The number of carbonyl (C=O) groups is 2. The van der Waals surface area contributed by atoms with E-state index in [0.717, 1.165) is 0 Å². The lowest BCUT2D eigenvalue weighted by Gasteiger charge is -2.19. The fraction of sp³-hybridized carbons (Fsp3) is 0.667. The highest BCUT2D eigenvalue weighted by molar-refractivity contribution is 5.88. The number of rotatable bonds is 5. The van der Waals surface area contributed by atoms with Crippen LogP contribution in [0, 0.1) is 0 Å². The van der Waals surface area contributed by atoms with Gasteiger partial charge in [-0.15, -0.1) is 0 Å². The van der Waals surface area contributed by atoms with E-state index in [9.17, 15) is 9.59 Å². The van der Waals surface area contributed by atoms with Gasteiger partial charge in [-0.05, 0) is 34.1 Å². The Morgan fingerprint density at radius 2 is 1.75 bits per heavy atom. The molecule has 0 aliphatic rings. The normalized spacial score (nSPS) is 10.8. The second-order valence-corrected chi connectivity index (χ2v) is 4.41. The van der Waals surface area contributed by atoms with Crippen LogP contribution in [0.4, 0.5) is 0 Å². The fourth-order valence-electron chi connectivity index (χ4n) is 0.981. The summed E-state index contributed by atoms with van der Waals surface area (Å²) < 4.78 is 9.84. The van der Waals surface area contributed by atoms with Gasteiger partial charge in [-0.25, -0.2) is 4.79 Å². The van der Waals surface area contributed by atoms with Crippen molar-refractivity contribution < 1.29 is 19.1 Å². The van der Waals surface area contributed by atoms with Crippen LogP contribution in [0.5, 0.6) is 0 Å². The molecular weight excluding hydrogens is 208 g/mol. The Balaban J connectivity index is 3.93. The monoisotopic (exact) mass is 228 g/mol. The molecule has 4 heteroatoms. The largest absolute Gasteiger partial charge is 0.463 e. The van der Waals surface area contributed by atoms with Crippen LogP contribution in [0.25, 0.3) is 0 Å². The Morgan fingerprint density at radius 1 is 1.19 bits per heavy atom. The summed E-state index contributed by atoms with van der Waals surface area (Å²) in [5.41, 5.74) is -0.199. The van der Waals surface area contributed by atoms with Crippen LogP contribution in [0.1, 0.15) is 40.5 Å². The molecule has 0 bridgehead atoms. The second kappa shape index (κ2) is 6.30. The second-order valence-electron chi connectivity index (χ2n) is 4.41. The topological polar surface area (TPSA) is 52.6 Å². The number of esters is 2. The smallest absolute Gasteiger partial charge is 0.333 e. The molecule has 0 heterocycles. The van der Waals surface area contributed by atoms with Gasteiger partial charge in [0.2, 0.25) is 0 Å². The van der Waals surface area contributed by atoms with Crippen molar-refractivity contribution in [3.05, 3.63) is 12.2 Å². The number of hydrogen-bond acceptors (Lipinski definition) is 4. The first-order valence-corrected chi connectivity index (χ1v) is 5.33. The van der Waals surface area contributed by atoms with E-state index in [4.69, 9.17) is 9.47 Å². The van der Waals surface area contributed by atoms with Crippen molar-refractivity contribution in [3.63, 3.8) is 0 Å². The lowest BCUT2D eigenvalue weighted by molar-refractivity contribution is -0.154. The molecule has 0 atom stereocenters. The first kappa shape index (κ1) is 14.7. The third kappa shape index (κ3) is 7.04. The Morgan fingerprint density at radius 3 is 2.19 bits per heavy atom. The summed E-state index contributed by atoms with van der Waals surface area (Å²) in [6.45, 7) is 11.0. The van der Waals surface area contributed by atoms with Crippen molar-refractivity contribution in [1.29, 1.82) is 0 Å². The minimum Gasteiger partial charge on any atom is -0.463 e. The van der Waals surface area contributed by atoms with Crippen LogP contribution in [0.15, 0.2) is 12.2 Å². The summed E-state index contributed by atoms with van der Waals surface area (Å²) in [5.74, 6) is -0.788. The zero-order valence-corrected chi connectivity index (χ0v) is 10.5. The molecule has 0 fully saturated rings. The van der Waals surface area contributed by atoms with Crippen LogP contribution in [-0.2, 0) is 19.1 Å². The first-order chi connectivity index (χ1) is 7.26. The number of hydrogen-bond donors (Lipinski definition) is 0. The molecule has 0 amide bonds. The standard InChI is InChI=1S/C12H20O4/c1-6-15-11(14)9(2)7-8-10(13)16-12(3,4)5/h2,6-8H2,1,3-5H3. The molecule has 0 aromatic rings. The Kier molecular flexibility index (Phi) is 5.78. The molecule has 0 rings (SSSR count). The summed E-state index contributed by atoms with van der Waals surface area (Å²) in [6, 6.07) is 0. The lowest BCUT2D eigenvalue weighted by Crippen LogP contribution is -2.24. The minimum atomic E-state index is -0.498. The highest BCUT2D eigenvalue weighted by Crippen LogP contribution is 2.11. The van der Waals surface area contributed by atoms with Crippen LogP contribution in [0.2, 0.25) is 0 Å². The van der Waals surface area contributed by atoms with Gasteiger partial charge in [0, 0.05) is 12.0 Å². The maximum absolute atomic E-state index is 11.3. The molecule has 0 unspecified atom stereocenters. The molecule has 0 spiro atoms. The van der Waals surface area contributed by atoms with Crippen molar-refractivity contribution in [2.75, 3.05) is 6.61 Å². The average molecular weight is 228 g/mol. The first-order valence-electron chi connectivity index (χ1n) is 5.33. The van der Waals surface area contributed by atoms with E-state index in [0.29, 0.717) is 12.2 Å². The molecule has 0 saturated carbocycles. The van der Waals surface area contributed by atoms with E-state index in [1.165, 1.54) is 0 Å². The molecule has 16 heavy (non-hydrogen) atoms. The lowest BCUT2D eigenvalue weighted by atomic mass is 10.1.